The molecule has 0 nitrogen and oxygen atoms in total. The van der Waals surface area contributed by atoms with E-state index in [9.17, 15) is 0 Å². The quantitative estimate of drug-likeness (QED) is 0.373. The third-order valence-electron chi connectivity index (χ3n) is 1.65. The SMILES string of the molecule is CCC[CH2][Zr+3][C]1=CC=CC1.[Br-].[Br-].[Br-]. The molecule has 0 spiro atoms. The van der Waals surface area contributed by atoms with E-state index in [1.54, 1.807) is 7.41 Å². The van der Waals surface area contributed by atoms with Crippen LogP contribution in [0.5, 0.6) is 0 Å². The molecule has 0 saturated heterocycles. The minimum atomic E-state index is -0.0811. The van der Waals surface area contributed by atoms with Crippen molar-refractivity contribution in [1.82, 2.24) is 0 Å². The second-order valence-electron chi connectivity index (χ2n) is 2.60. The van der Waals surface area contributed by atoms with E-state index in [0.717, 1.165) is 0 Å². The average molecular weight is 453 g/mol. The molecule has 0 fully saturated rings. The predicted molar refractivity (Wildman–Crippen MR) is 41.6 cm³/mol. The van der Waals surface area contributed by atoms with Crippen LogP contribution in [-0.4, -0.2) is 0 Å². The maximum atomic E-state index is 2.34. The van der Waals surface area contributed by atoms with E-state index in [0.29, 0.717) is 0 Å². The molecule has 0 bridgehead atoms. The fourth-order valence-corrected chi connectivity index (χ4v) is 4.27. The van der Waals surface area contributed by atoms with E-state index in [1.165, 1.54) is 19.3 Å². The maximum Gasteiger partial charge on any atom is -1.00 e. The molecule has 0 amide bonds. The Morgan fingerprint density at radius 2 is 2.00 bits per heavy atom. The molecule has 1 rings (SSSR count). The molecular formula is C9H14Br3Zr. The summed E-state index contributed by atoms with van der Waals surface area (Å²) in [5, 5.41) is 0. The van der Waals surface area contributed by atoms with Crippen molar-refractivity contribution >= 4 is 0 Å². The van der Waals surface area contributed by atoms with Gasteiger partial charge in [-0.15, -0.1) is 0 Å². The molecule has 75 valence electrons. The molecule has 0 heterocycles. The number of hydrogen-bond acceptors (Lipinski definition) is 0. The Morgan fingerprint density at radius 3 is 2.46 bits per heavy atom. The van der Waals surface area contributed by atoms with Gasteiger partial charge in [0.2, 0.25) is 0 Å². The third kappa shape index (κ3) is 10.1. The fourth-order valence-electron chi connectivity index (χ4n) is 1.00. The molecule has 0 N–H and O–H groups in total. The number of hydrogen-bond donors (Lipinski definition) is 0. The zero-order valence-corrected chi connectivity index (χ0v) is 14.9. The van der Waals surface area contributed by atoms with Crippen molar-refractivity contribution in [3.05, 3.63) is 21.5 Å². The predicted octanol–water partition coefficient (Wildman–Crippen LogP) is -5.86. The standard InChI is InChI=1S/C5H5.C4H9.3BrH.Zr/c1-2-4-5-3-1;1-3-4-2;;;;/h1-3H,4H2;1,3-4H2,2H3;3*1H;/q;;;;;+3/p-3. The molecule has 0 aromatic carbocycles. The minimum absolute atomic E-state index is 0. The summed E-state index contributed by atoms with van der Waals surface area (Å²) in [6.07, 6.45) is 11.0. The van der Waals surface area contributed by atoms with Crippen molar-refractivity contribution in [2.75, 3.05) is 0 Å². The Balaban J connectivity index is -0.000000333. The van der Waals surface area contributed by atoms with Crippen LogP contribution in [0.25, 0.3) is 0 Å². The van der Waals surface area contributed by atoms with Crippen LogP contribution in [0.3, 0.4) is 0 Å². The summed E-state index contributed by atoms with van der Waals surface area (Å²) in [4.78, 5) is 0. The van der Waals surface area contributed by atoms with E-state index in [2.05, 4.69) is 25.2 Å². The summed E-state index contributed by atoms with van der Waals surface area (Å²) in [5.41, 5.74) is 0. The van der Waals surface area contributed by atoms with Gasteiger partial charge in [-0.25, -0.2) is 0 Å². The van der Waals surface area contributed by atoms with Crippen LogP contribution < -0.4 is 50.9 Å². The first-order chi connectivity index (χ1) is 4.93. The molecule has 0 radical (unpaired) electrons. The van der Waals surface area contributed by atoms with Crippen LogP contribution in [-0.2, 0) is 23.2 Å². The molecule has 0 aromatic rings. The second-order valence-corrected chi connectivity index (χ2v) is 6.28. The number of halogens is 3. The van der Waals surface area contributed by atoms with Crippen molar-refractivity contribution in [3.8, 4) is 0 Å². The number of allylic oxidation sites excluding steroid dienone is 4. The van der Waals surface area contributed by atoms with Gasteiger partial charge in [0.15, 0.2) is 0 Å². The summed E-state index contributed by atoms with van der Waals surface area (Å²) >= 11 is -0.0811. The average Bonchev–Trinajstić information content (AvgIpc) is 2.41. The van der Waals surface area contributed by atoms with Gasteiger partial charge in [0.25, 0.3) is 0 Å². The summed E-state index contributed by atoms with van der Waals surface area (Å²) in [6.45, 7) is 2.28. The monoisotopic (exact) mass is 449 g/mol. The van der Waals surface area contributed by atoms with Crippen LogP contribution in [0.4, 0.5) is 0 Å². The first kappa shape index (κ1) is 20.2. The Bertz CT molecular complexity index is 155. The van der Waals surface area contributed by atoms with E-state index in [1.807, 2.05) is 0 Å². The molecule has 13 heavy (non-hydrogen) atoms. The van der Waals surface area contributed by atoms with E-state index < -0.39 is 0 Å². The molecule has 1 aliphatic carbocycles. The summed E-state index contributed by atoms with van der Waals surface area (Å²) in [6, 6.07) is 0. The molecule has 0 aromatic heterocycles. The van der Waals surface area contributed by atoms with Crippen LogP contribution in [0.1, 0.15) is 26.2 Å². The number of unbranched alkanes of at least 4 members (excludes halogenated alkanes) is 1. The topological polar surface area (TPSA) is 0 Å². The van der Waals surface area contributed by atoms with Gasteiger partial charge >= 0.3 is 75.1 Å². The van der Waals surface area contributed by atoms with Gasteiger partial charge in [-0.1, -0.05) is 0 Å². The van der Waals surface area contributed by atoms with Gasteiger partial charge in [0.05, 0.1) is 0 Å². The van der Waals surface area contributed by atoms with E-state index in [-0.39, 0.29) is 74.2 Å². The van der Waals surface area contributed by atoms with Crippen molar-refractivity contribution in [2.24, 2.45) is 0 Å². The first-order valence-electron chi connectivity index (χ1n) is 4.03. The van der Waals surface area contributed by atoms with Gasteiger partial charge < -0.3 is 50.9 Å². The molecule has 0 aliphatic heterocycles. The Hall–Kier alpha value is 1.80. The zero-order chi connectivity index (χ0) is 7.23. The molecule has 1 aliphatic rings. The molecule has 0 atom stereocenters. The van der Waals surface area contributed by atoms with Crippen molar-refractivity contribution in [1.29, 1.82) is 0 Å². The zero-order valence-electron chi connectivity index (χ0n) is 7.69. The minimum Gasteiger partial charge on any atom is -1.00 e. The number of rotatable bonds is 4. The van der Waals surface area contributed by atoms with Crippen LogP contribution >= 0.6 is 0 Å². The van der Waals surface area contributed by atoms with Crippen molar-refractivity contribution < 1.29 is 74.2 Å². The van der Waals surface area contributed by atoms with Gasteiger partial charge in [0.1, 0.15) is 0 Å². The summed E-state index contributed by atoms with van der Waals surface area (Å²) < 4.78 is 3.34. The van der Waals surface area contributed by atoms with Crippen LogP contribution in [0, 0.1) is 0 Å². The largest absolute Gasteiger partial charge is 1.00 e. The van der Waals surface area contributed by atoms with E-state index in [4.69, 9.17) is 0 Å². The van der Waals surface area contributed by atoms with Crippen LogP contribution in [0.15, 0.2) is 21.5 Å². The summed E-state index contributed by atoms with van der Waals surface area (Å²) in [5.74, 6) is 0. The second kappa shape index (κ2) is 13.8. The van der Waals surface area contributed by atoms with Gasteiger partial charge in [0, 0.05) is 0 Å². The van der Waals surface area contributed by atoms with E-state index >= 15 is 0 Å². The fraction of sp³-hybridized carbons (Fsp3) is 0.556. The summed E-state index contributed by atoms with van der Waals surface area (Å²) in [7, 11) is 0. The Morgan fingerprint density at radius 1 is 1.31 bits per heavy atom. The van der Waals surface area contributed by atoms with Gasteiger partial charge in [-0.2, -0.15) is 0 Å². The van der Waals surface area contributed by atoms with Crippen LogP contribution in [0.2, 0.25) is 4.13 Å². The normalized spacial score (nSPS) is 11.6. The molecule has 4 heteroatoms. The van der Waals surface area contributed by atoms with Crippen molar-refractivity contribution in [2.45, 2.75) is 30.3 Å². The Labute approximate surface area is 125 Å². The maximum absolute atomic E-state index is 2.34. The third-order valence-corrected chi connectivity index (χ3v) is 5.16. The molecular weight excluding hydrogens is 439 g/mol. The van der Waals surface area contributed by atoms with Gasteiger partial charge in [-0.05, 0) is 0 Å². The van der Waals surface area contributed by atoms with Crippen molar-refractivity contribution in [3.63, 3.8) is 0 Å². The van der Waals surface area contributed by atoms with Gasteiger partial charge in [-0.3, -0.25) is 0 Å². The Kier molecular flexibility index (Phi) is 21.5. The molecule has 0 saturated carbocycles. The smallest absolute Gasteiger partial charge is 1.00 e. The molecule has 0 unspecified atom stereocenters. The first-order valence-corrected chi connectivity index (χ1v) is 6.99.